The number of aromatic nitrogens is 1. The Labute approximate surface area is 176 Å². The molecule has 164 valence electrons. The van der Waals surface area contributed by atoms with Gasteiger partial charge in [-0.3, -0.25) is 4.79 Å². The van der Waals surface area contributed by atoms with Crippen LogP contribution in [0.4, 0.5) is 4.79 Å². The standard InChI is InChI=1S/C20H27N2O7P/c1-7-15-16(12-17-13(3)11-14(4)21-17)19(23)22(18(15)8-2)20(24)28-9-10-29-30(25,26-5)27-6/h7-8,11-12,25H,9-10H2,1-6H3/p+1. The Morgan fingerprint density at radius 1 is 1.17 bits per heavy atom. The third kappa shape index (κ3) is 5.06. The maximum Gasteiger partial charge on any atom is 0.572 e. The van der Waals surface area contributed by atoms with Crippen LogP contribution < -0.4 is 0 Å². The second-order valence-electron chi connectivity index (χ2n) is 6.41. The Morgan fingerprint density at radius 2 is 1.83 bits per heavy atom. The topological polar surface area (TPSA) is 110 Å². The molecule has 0 radical (unpaired) electrons. The van der Waals surface area contributed by atoms with Crippen molar-refractivity contribution in [3.8, 4) is 0 Å². The van der Waals surface area contributed by atoms with Crippen molar-refractivity contribution >= 4 is 26.2 Å². The number of H-pyrrole nitrogens is 1. The lowest BCUT2D eigenvalue weighted by atomic mass is 10.0. The normalized spacial score (nSPS) is 18.8. The summed E-state index contributed by atoms with van der Waals surface area (Å²) in [5.74, 6) is -0.480. The molecule has 2 N–H and O–H groups in total. The molecule has 0 bridgehead atoms. The number of amides is 2. The molecular formula is C20H28N2O7P+. The number of hydrogen-bond acceptors (Lipinski definition) is 7. The first kappa shape index (κ1) is 24.0. The fourth-order valence-corrected chi connectivity index (χ4v) is 3.75. The number of rotatable bonds is 7. The molecular weight excluding hydrogens is 411 g/mol. The largest absolute Gasteiger partial charge is 0.572 e. The number of aromatic amines is 1. The van der Waals surface area contributed by atoms with Gasteiger partial charge in [0, 0.05) is 17.0 Å². The van der Waals surface area contributed by atoms with E-state index >= 15 is 0 Å². The fraction of sp³-hybridized carbons (Fsp3) is 0.400. The summed E-state index contributed by atoms with van der Waals surface area (Å²) in [4.78, 5) is 39.7. The average molecular weight is 439 g/mol. The highest BCUT2D eigenvalue weighted by molar-refractivity contribution is 7.55. The molecule has 0 unspecified atom stereocenters. The fourth-order valence-electron chi connectivity index (χ4n) is 3.08. The summed E-state index contributed by atoms with van der Waals surface area (Å²) in [7, 11) is -0.937. The van der Waals surface area contributed by atoms with Gasteiger partial charge in [-0.2, -0.15) is 13.9 Å². The van der Waals surface area contributed by atoms with E-state index < -0.39 is 20.2 Å². The van der Waals surface area contributed by atoms with E-state index in [1.165, 1.54) is 14.2 Å². The van der Waals surface area contributed by atoms with Crippen LogP contribution in [-0.4, -0.2) is 54.2 Å². The first-order valence-corrected chi connectivity index (χ1v) is 10.8. The second kappa shape index (κ2) is 10.1. The van der Waals surface area contributed by atoms with E-state index in [0.717, 1.165) is 21.9 Å². The third-order valence-electron chi connectivity index (χ3n) is 4.49. The lowest BCUT2D eigenvalue weighted by Gasteiger charge is -2.16. The van der Waals surface area contributed by atoms with Gasteiger partial charge in [0.25, 0.3) is 5.91 Å². The van der Waals surface area contributed by atoms with Crippen LogP contribution in [0.15, 0.2) is 35.1 Å². The first-order valence-electron chi connectivity index (χ1n) is 9.31. The van der Waals surface area contributed by atoms with Crippen molar-refractivity contribution in [2.75, 3.05) is 27.4 Å². The summed E-state index contributed by atoms with van der Waals surface area (Å²) in [5, 5.41) is 0. The molecule has 0 aromatic carbocycles. The molecule has 9 nitrogen and oxygen atoms in total. The van der Waals surface area contributed by atoms with Crippen LogP contribution >= 0.6 is 8.17 Å². The van der Waals surface area contributed by atoms with Crippen LogP contribution in [0.2, 0.25) is 0 Å². The lowest BCUT2D eigenvalue weighted by molar-refractivity contribution is -0.122. The van der Waals surface area contributed by atoms with Gasteiger partial charge in [0.15, 0.2) is 0 Å². The molecule has 2 heterocycles. The van der Waals surface area contributed by atoms with E-state index in [1.807, 2.05) is 19.9 Å². The van der Waals surface area contributed by atoms with Gasteiger partial charge >= 0.3 is 14.3 Å². The zero-order valence-corrected chi connectivity index (χ0v) is 18.9. The molecule has 0 aliphatic carbocycles. The summed E-state index contributed by atoms with van der Waals surface area (Å²) in [6, 6.07) is 1.98. The number of nitrogens with zero attached hydrogens (tertiary/aromatic N) is 1. The van der Waals surface area contributed by atoms with Gasteiger partial charge < -0.3 is 9.72 Å². The van der Waals surface area contributed by atoms with Gasteiger partial charge in [0.05, 0.1) is 25.5 Å². The molecule has 1 aliphatic heterocycles. The van der Waals surface area contributed by atoms with Crippen molar-refractivity contribution in [3.05, 3.63) is 52.0 Å². The molecule has 0 atom stereocenters. The van der Waals surface area contributed by atoms with Crippen LogP contribution in [0.25, 0.3) is 6.08 Å². The molecule has 1 aromatic rings. The molecule has 30 heavy (non-hydrogen) atoms. The third-order valence-corrected chi connectivity index (χ3v) is 5.92. The van der Waals surface area contributed by atoms with Crippen molar-refractivity contribution in [1.29, 1.82) is 0 Å². The molecule has 1 aliphatic rings. The molecule has 1 saturated heterocycles. The number of imide groups is 1. The SMILES string of the molecule is CC=C1C(=Cc2[nH]c(C)cc2C)C(=O)N(C(=O)OCCO[P+](O)(OC)OC)C1=CC. The molecule has 10 heteroatoms. The zero-order chi connectivity index (χ0) is 22.5. The van der Waals surface area contributed by atoms with E-state index in [-0.39, 0.29) is 13.2 Å². The number of likely N-dealkylation sites (tertiary alicyclic amines) is 1. The highest BCUT2D eigenvalue weighted by atomic mass is 31.2. The summed E-state index contributed by atoms with van der Waals surface area (Å²) in [6.07, 6.45) is 4.36. The number of aryl methyl sites for hydroxylation is 2. The van der Waals surface area contributed by atoms with Crippen molar-refractivity contribution in [3.63, 3.8) is 0 Å². The Kier molecular flexibility index (Phi) is 8.11. The van der Waals surface area contributed by atoms with Crippen molar-refractivity contribution in [2.45, 2.75) is 27.7 Å². The quantitative estimate of drug-likeness (QED) is 0.377. The number of carbonyl (C=O) groups excluding carboxylic acids is 2. The number of ether oxygens (including phenoxy) is 1. The zero-order valence-electron chi connectivity index (χ0n) is 18.0. The minimum atomic E-state index is -3.42. The maximum atomic E-state index is 13.0. The number of hydrogen-bond donors (Lipinski definition) is 2. The van der Waals surface area contributed by atoms with Gasteiger partial charge in [0.1, 0.15) is 13.2 Å². The van der Waals surface area contributed by atoms with Gasteiger partial charge in [-0.25, -0.2) is 9.69 Å². The molecule has 0 saturated carbocycles. The second-order valence-corrected chi connectivity index (χ2v) is 8.33. The van der Waals surface area contributed by atoms with Gasteiger partial charge in [-0.1, -0.05) is 12.2 Å². The number of carbonyl (C=O) groups is 2. The first-order chi connectivity index (χ1) is 14.2. The van der Waals surface area contributed by atoms with Gasteiger partial charge in [-0.15, -0.1) is 4.52 Å². The van der Waals surface area contributed by atoms with Crippen molar-refractivity contribution in [1.82, 2.24) is 9.88 Å². The van der Waals surface area contributed by atoms with Crippen LogP contribution in [0, 0.1) is 13.8 Å². The van der Waals surface area contributed by atoms with Crippen LogP contribution in [-0.2, 0) is 23.1 Å². The molecule has 1 aromatic heterocycles. The smallest absolute Gasteiger partial charge is 0.446 e. The minimum absolute atomic E-state index is 0.162. The Bertz CT molecular complexity index is 897. The molecule has 2 rings (SSSR count). The summed E-state index contributed by atoms with van der Waals surface area (Å²) >= 11 is 0. The highest BCUT2D eigenvalue weighted by Crippen LogP contribution is 2.56. The lowest BCUT2D eigenvalue weighted by Crippen LogP contribution is -2.32. The number of nitrogens with one attached hydrogen (secondary N) is 1. The van der Waals surface area contributed by atoms with Crippen LogP contribution in [0.5, 0.6) is 0 Å². The Hall–Kier alpha value is -2.29. The minimum Gasteiger partial charge on any atom is -0.446 e. The summed E-state index contributed by atoms with van der Waals surface area (Å²) < 4.78 is 19.7. The monoisotopic (exact) mass is 439 g/mol. The Balaban J connectivity index is 2.19. The van der Waals surface area contributed by atoms with Crippen molar-refractivity contribution < 1.29 is 32.8 Å². The van der Waals surface area contributed by atoms with E-state index in [9.17, 15) is 14.5 Å². The summed E-state index contributed by atoms with van der Waals surface area (Å²) in [6.45, 7) is 7.05. The van der Waals surface area contributed by atoms with E-state index in [0.29, 0.717) is 16.8 Å². The number of allylic oxidation sites excluding steroid dienone is 3. The molecule has 2 amide bonds. The van der Waals surface area contributed by atoms with Crippen LogP contribution in [0.3, 0.4) is 0 Å². The molecule has 1 fully saturated rings. The highest BCUT2D eigenvalue weighted by Gasteiger charge is 2.42. The predicted octanol–water partition coefficient (Wildman–Crippen LogP) is 3.82. The maximum absolute atomic E-state index is 13.0. The predicted molar refractivity (Wildman–Crippen MR) is 113 cm³/mol. The van der Waals surface area contributed by atoms with Crippen LogP contribution in [0.1, 0.15) is 30.8 Å². The van der Waals surface area contributed by atoms with E-state index in [2.05, 4.69) is 4.98 Å². The van der Waals surface area contributed by atoms with Gasteiger partial charge in [0.2, 0.25) is 0 Å². The van der Waals surface area contributed by atoms with Crippen molar-refractivity contribution in [2.24, 2.45) is 0 Å². The average Bonchev–Trinajstić information content (AvgIpc) is 3.19. The molecule has 0 spiro atoms. The van der Waals surface area contributed by atoms with Gasteiger partial charge in [-0.05, 0) is 45.4 Å². The van der Waals surface area contributed by atoms with E-state index in [4.69, 9.17) is 18.3 Å². The summed E-state index contributed by atoms with van der Waals surface area (Å²) in [5.41, 5.74) is 4.25. The Morgan fingerprint density at radius 3 is 2.33 bits per heavy atom. The van der Waals surface area contributed by atoms with E-state index in [1.54, 1.807) is 32.1 Å².